The maximum absolute atomic E-state index is 13.9. The molecular formula is C22H22F3N5O2. The summed E-state index contributed by atoms with van der Waals surface area (Å²) < 4.78 is 46.1. The Morgan fingerprint density at radius 1 is 1.16 bits per heavy atom. The molecule has 7 nitrogen and oxygen atoms in total. The molecule has 32 heavy (non-hydrogen) atoms. The molecule has 1 amide bonds. The second-order valence-electron chi connectivity index (χ2n) is 7.15. The number of nitrogens with zero attached hydrogens (tertiary/aromatic N) is 5. The molecule has 0 saturated carbocycles. The average Bonchev–Trinajstić information content (AvgIpc) is 2.78. The zero-order valence-corrected chi connectivity index (χ0v) is 17.8. The fourth-order valence-corrected chi connectivity index (χ4v) is 3.03. The van der Waals surface area contributed by atoms with E-state index in [2.05, 4.69) is 19.9 Å². The van der Waals surface area contributed by atoms with Crippen molar-refractivity contribution in [2.75, 3.05) is 13.2 Å². The van der Waals surface area contributed by atoms with E-state index in [0.29, 0.717) is 6.54 Å². The molecule has 0 aliphatic carbocycles. The quantitative estimate of drug-likeness (QED) is 0.519. The van der Waals surface area contributed by atoms with Gasteiger partial charge < -0.3 is 9.64 Å². The lowest BCUT2D eigenvalue weighted by Gasteiger charge is -2.28. The Hall–Kier alpha value is -3.56. The molecule has 0 aromatic carbocycles. The van der Waals surface area contributed by atoms with Crippen LogP contribution in [0.5, 0.6) is 5.88 Å². The van der Waals surface area contributed by atoms with Gasteiger partial charge in [-0.2, -0.15) is 0 Å². The van der Waals surface area contributed by atoms with Crippen LogP contribution < -0.4 is 4.74 Å². The summed E-state index contributed by atoms with van der Waals surface area (Å²) in [6.07, 6.45) is 5.05. The molecule has 1 atom stereocenters. The van der Waals surface area contributed by atoms with E-state index in [0.717, 1.165) is 25.4 Å². The van der Waals surface area contributed by atoms with E-state index in [1.54, 1.807) is 19.9 Å². The van der Waals surface area contributed by atoms with E-state index in [9.17, 15) is 18.0 Å². The summed E-state index contributed by atoms with van der Waals surface area (Å²) >= 11 is 0. The number of halogens is 3. The molecule has 0 aliphatic rings. The van der Waals surface area contributed by atoms with Crippen LogP contribution in [-0.4, -0.2) is 49.9 Å². The molecular weight excluding hydrogens is 423 g/mol. The molecule has 0 fully saturated rings. The lowest BCUT2D eigenvalue weighted by molar-refractivity contribution is 0.0169. The topological polar surface area (TPSA) is 81.1 Å². The monoisotopic (exact) mass is 445 g/mol. The highest BCUT2D eigenvalue weighted by molar-refractivity contribution is 5.99. The van der Waals surface area contributed by atoms with Crippen LogP contribution in [0.2, 0.25) is 0 Å². The van der Waals surface area contributed by atoms with Crippen molar-refractivity contribution in [2.45, 2.75) is 32.7 Å². The number of hydrogen-bond donors (Lipinski definition) is 0. The van der Waals surface area contributed by atoms with Crippen LogP contribution in [0.15, 0.2) is 49.1 Å². The van der Waals surface area contributed by atoms with Crippen molar-refractivity contribution in [3.8, 4) is 17.4 Å². The van der Waals surface area contributed by atoms with Gasteiger partial charge in [0.25, 0.3) is 11.8 Å². The van der Waals surface area contributed by atoms with Crippen molar-refractivity contribution in [3.05, 3.63) is 66.0 Å². The number of carbonyl (C=O) groups is 1. The Balaban J connectivity index is 1.77. The first kappa shape index (κ1) is 23.1. The first-order chi connectivity index (χ1) is 15.2. The SMILES string of the molecule is CCN(C(=O)c1cc(F)cnc1-c1ncccn1)[C@@H](C)COc1ccc(C(C)(F)F)cn1. The zero-order chi connectivity index (χ0) is 23.3. The van der Waals surface area contributed by atoms with E-state index >= 15 is 0 Å². The zero-order valence-electron chi connectivity index (χ0n) is 17.8. The molecule has 0 spiro atoms. The molecule has 3 aromatic heterocycles. The lowest BCUT2D eigenvalue weighted by Crippen LogP contribution is -2.42. The fraction of sp³-hybridized carbons (Fsp3) is 0.318. The molecule has 10 heteroatoms. The molecule has 3 aromatic rings. The summed E-state index contributed by atoms with van der Waals surface area (Å²) in [5.41, 5.74) is -0.0311. The van der Waals surface area contributed by atoms with Gasteiger partial charge in [0.05, 0.1) is 17.8 Å². The van der Waals surface area contributed by atoms with Crippen molar-refractivity contribution in [3.63, 3.8) is 0 Å². The van der Waals surface area contributed by atoms with Crippen LogP contribution in [0.4, 0.5) is 13.2 Å². The van der Waals surface area contributed by atoms with Crippen LogP contribution in [0.25, 0.3) is 11.5 Å². The average molecular weight is 445 g/mol. The highest BCUT2D eigenvalue weighted by Crippen LogP contribution is 2.27. The highest BCUT2D eigenvalue weighted by atomic mass is 19.3. The largest absolute Gasteiger partial charge is 0.475 e. The molecule has 0 saturated heterocycles. The summed E-state index contributed by atoms with van der Waals surface area (Å²) in [6, 6.07) is 4.87. The van der Waals surface area contributed by atoms with Crippen LogP contribution in [0.1, 0.15) is 36.7 Å². The minimum absolute atomic E-state index is 0.0255. The van der Waals surface area contributed by atoms with Gasteiger partial charge in [0.15, 0.2) is 5.82 Å². The molecule has 0 N–H and O–H groups in total. The Morgan fingerprint density at radius 2 is 1.88 bits per heavy atom. The second-order valence-corrected chi connectivity index (χ2v) is 7.15. The predicted molar refractivity (Wildman–Crippen MR) is 111 cm³/mol. The molecule has 3 heterocycles. The lowest BCUT2D eigenvalue weighted by atomic mass is 10.1. The van der Waals surface area contributed by atoms with Gasteiger partial charge in [0, 0.05) is 43.7 Å². The van der Waals surface area contributed by atoms with Gasteiger partial charge in [-0.25, -0.2) is 33.1 Å². The number of alkyl halides is 2. The second kappa shape index (κ2) is 9.71. The maximum Gasteiger partial charge on any atom is 0.272 e. The van der Waals surface area contributed by atoms with E-state index in [4.69, 9.17) is 4.74 Å². The summed E-state index contributed by atoms with van der Waals surface area (Å²) in [4.78, 5) is 30.8. The molecule has 0 aliphatic heterocycles. The van der Waals surface area contributed by atoms with E-state index < -0.39 is 23.7 Å². The Bertz CT molecular complexity index is 1060. The standard InChI is InChI=1S/C22H22F3N5O2/c1-4-30(14(2)13-32-18-7-6-15(11-28-18)22(3,24)25)21(31)17-10-16(23)12-29-19(17)20-26-8-5-9-27-20/h5-12,14H,4,13H2,1-3H3/t14-/m0/s1. The van der Waals surface area contributed by atoms with Gasteiger partial charge >= 0.3 is 0 Å². The minimum Gasteiger partial charge on any atom is -0.475 e. The Kier molecular flexibility index (Phi) is 7.01. The summed E-state index contributed by atoms with van der Waals surface area (Å²) in [6.45, 7) is 4.67. The van der Waals surface area contributed by atoms with Crippen molar-refractivity contribution >= 4 is 5.91 Å². The molecule has 3 rings (SSSR count). The van der Waals surface area contributed by atoms with Crippen molar-refractivity contribution in [1.82, 2.24) is 24.8 Å². The third-order valence-corrected chi connectivity index (χ3v) is 4.71. The van der Waals surface area contributed by atoms with E-state index in [1.807, 2.05) is 0 Å². The smallest absolute Gasteiger partial charge is 0.272 e. The number of likely N-dealkylation sites (N-methyl/N-ethyl adjacent to an activating group) is 1. The van der Waals surface area contributed by atoms with Crippen LogP contribution in [0, 0.1) is 5.82 Å². The van der Waals surface area contributed by atoms with Crippen molar-refractivity contribution in [2.24, 2.45) is 0 Å². The molecule has 168 valence electrons. The summed E-state index contributed by atoms with van der Waals surface area (Å²) in [5, 5.41) is 0. The molecule has 0 unspecified atom stereocenters. The summed E-state index contributed by atoms with van der Waals surface area (Å²) in [7, 11) is 0. The fourth-order valence-electron chi connectivity index (χ4n) is 3.03. The minimum atomic E-state index is -3.00. The number of amides is 1. The van der Waals surface area contributed by atoms with Gasteiger partial charge in [0.1, 0.15) is 18.1 Å². The predicted octanol–water partition coefficient (Wildman–Crippen LogP) is 4.11. The van der Waals surface area contributed by atoms with Crippen LogP contribution in [-0.2, 0) is 5.92 Å². The first-order valence-corrected chi connectivity index (χ1v) is 9.91. The molecule has 0 radical (unpaired) electrons. The van der Waals surface area contributed by atoms with Gasteiger partial charge in [-0.05, 0) is 32.0 Å². The number of carbonyl (C=O) groups excluding carboxylic acids is 1. The highest BCUT2D eigenvalue weighted by Gasteiger charge is 2.26. The van der Waals surface area contributed by atoms with Crippen LogP contribution in [0.3, 0.4) is 0 Å². The van der Waals surface area contributed by atoms with Gasteiger partial charge in [-0.1, -0.05) is 0 Å². The summed E-state index contributed by atoms with van der Waals surface area (Å²) in [5.74, 6) is -3.77. The van der Waals surface area contributed by atoms with Crippen molar-refractivity contribution in [1.29, 1.82) is 0 Å². The van der Waals surface area contributed by atoms with Crippen LogP contribution >= 0.6 is 0 Å². The number of aromatic nitrogens is 4. The van der Waals surface area contributed by atoms with Gasteiger partial charge in [-0.3, -0.25) is 4.79 Å². The van der Waals surface area contributed by atoms with E-state index in [1.165, 1.54) is 29.4 Å². The Labute approximate surface area is 183 Å². The third-order valence-electron chi connectivity index (χ3n) is 4.71. The first-order valence-electron chi connectivity index (χ1n) is 9.91. The number of pyridine rings is 2. The van der Waals surface area contributed by atoms with E-state index in [-0.39, 0.29) is 35.1 Å². The normalized spacial score (nSPS) is 12.3. The van der Waals surface area contributed by atoms with Gasteiger partial charge in [-0.15, -0.1) is 0 Å². The van der Waals surface area contributed by atoms with Gasteiger partial charge in [0.2, 0.25) is 5.88 Å². The maximum atomic E-state index is 13.9. The third kappa shape index (κ3) is 5.37. The van der Waals surface area contributed by atoms with Crippen molar-refractivity contribution < 1.29 is 22.7 Å². The Morgan fingerprint density at radius 3 is 2.47 bits per heavy atom. The molecule has 0 bridgehead atoms. The number of hydrogen-bond acceptors (Lipinski definition) is 6. The number of ether oxygens (including phenoxy) is 1. The number of rotatable bonds is 8.